The van der Waals surface area contributed by atoms with Gasteiger partial charge in [-0.1, -0.05) is 23.2 Å². The number of rotatable bonds is 6. The molecule has 2 aliphatic rings. The van der Waals surface area contributed by atoms with Crippen LogP contribution in [0.25, 0.3) is 22.8 Å². The summed E-state index contributed by atoms with van der Waals surface area (Å²) in [5, 5.41) is 2.87. The van der Waals surface area contributed by atoms with Crippen LogP contribution in [0.2, 0.25) is 10.0 Å². The highest BCUT2D eigenvalue weighted by Crippen LogP contribution is 2.31. The fourth-order valence-corrected chi connectivity index (χ4v) is 6.61. The maximum Gasteiger partial charge on any atom is 0.410 e. The lowest BCUT2D eigenvalue weighted by Gasteiger charge is -2.45. The Morgan fingerprint density at radius 1 is 0.776 bits per heavy atom. The van der Waals surface area contributed by atoms with E-state index in [1.54, 1.807) is 30.6 Å². The van der Waals surface area contributed by atoms with E-state index in [4.69, 9.17) is 27.9 Å². The number of aromatic amines is 2. The molecular formula is C37H45Cl3F4N10O4. The fraction of sp³-hybridized carbons (Fsp3) is 0.486. The van der Waals surface area contributed by atoms with Crippen molar-refractivity contribution in [2.24, 2.45) is 0 Å². The SMILES string of the molecule is CC(C)(C)OC(=O)N1CCN(c2nc(-c3ccnc(F)c3)[nH]c(=O)c2Cl)CC1C(C)(C)F.CC(C)(F)C1CN(c2nc(-c3ccnc(F)c3)[nH]c(=O)c2Cl)CCN1.Cl. The minimum atomic E-state index is -1.78. The van der Waals surface area contributed by atoms with Gasteiger partial charge in [-0.15, -0.1) is 12.4 Å². The minimum absolute atomic E-state index is 0. The van der Waals surface area contributed by atoms with Crippen LogP contribution in [0.3, 0.4) is 0 Å². The fourth-order valence-electron chi connectivity index (χ4n) is 6.19. The number of aromatic nitrogens is 6. The predicted molar refractivity (Wildman–Crippen MR) is 217 cm³/mol. The van der Waals surface area contributed by atoms with Crippen molar-refractivity contribution in [1.82, 2.24) is 40.1 Å². The van der Waals surface area contributed by atoms with Gasteiger partial charge in [0.2, 0.25) is 11.9 Å². The average molecular weight is 876 g/mol. The van der Waals surface area contributed by atoms with Gasteiger partial charge in [-0.25, -0.2) is 33.5 Å². The summed E-state index contributed by atoms with van der Waals surface area (Å²) < 4.78 is 61.7. The Labute approximate surface area is 348 Å². The first-order valence-corrected chi connectivity index (χ1v) is 18.7. The predicted octanol–water partition coefficient (Wildman–Crippen LogP) is 6.37. The van der Waals surface area contributed by atoms with Gasteiger partial charge in [0, 0.05) is 74.9 Å². The summed E-state index contributed by atoms with van der Waals surface area (Å²) in [5.41, 5.74) is -4.42. The lowest BCUT2D eigenvalue weighted by atomic mass is 9.96. The summed E-state index contributed by atoms with van der Waals surface area (Å²) in [6, 6.07) is 4.01. The number of carbonyl (C=O) groups is 1. The van der Waals surface area contributed by atoms with Crippen LogP contribution in [0, 0.1) is 11.9 Å². The number of nitrogens with one attached hydrogen (secondary N) is 3. The Kier molecular flexibility index (Phi) is 14.5. The number of anilines is 2. The largest absolute Gasteiger partial charge is 0.444 e. The summed E-state index contributed by atoms with van der Waals surface area (Å²) in [6.07, 6.45) is 1.91. The third-order valence-electron chi connectivity index (χ3n) is 9.09. The van der Waals surface area contributed by atoms with Crippen LogP contribution in [0.1, 0.15) is 48.5 Å². The van der Waals surface area contributed by atoms with Crippen molar-refractivity contribution in [2.45, 2.75) is 77.5 Å². The molecule has 0 bridgehead atoms. The highest BCUT2D eigenvalue weighted by molar-refractivity contribution is 6.33. The average Bonchev–Trinajstić information content (AvgIpc) is 3.12. The van der Waals surface area contributed by atoms with Crippen LogP contribution >= 0.6 is 35.6 Å². The van der Waals surface area contributed by atoms with E-state index in [1.807, 2.05) is 0 Å². The number of amides is 1. The van der Waals surface area contributed by atoms with Gasteiger partial charge >= 0.3 is 6.09 Å². The molecule has 4 aromatic rings. The summed E-state index contributed by atoms with van der Waals surface area (Å²) in [7, 11) is 0. The number of halogens is 7. The van der Waals surface area contributed by atoms with Crippen LogP contribution in [-0.2, 0) is 4.74 Å². The zero-order valence-electron chi connectivity index (χ0n) is 32.8. The first-order valence-electron chi connectivity index (χ1n) is 18.0. The molecule has 0 aliphatic carbocycles. The molecule has 0 spiro atoms. The zero-order chi connectivity index (χ0) is 42.0. The number of hydrogen-bond donors (Lipinski definition) is 3. The zero-order valence-corrected chi connectivity index (χ0v) is 35.1. The van der Waals surface area contributed by atoms with Gasteiger partial charge in [-0.2, -0.15) is 8.78 Å². The van der Waals surface area contributed by atoms with E-state index in [2.05, 4.69) is 35.2 Å². The van der Waals surface area contributed by atoms with E-state index in [0.29, 0.717) is 30.8 Å². The van der Waals surface area contributed by atoms with Gasteiger partial charge in [-0.3, -0.25) is 14.5 Å². The molecule has 2 fully saturated rings. The van der Waals surface area contributed by atoms with Crippen molar-refractivity contribution in [2.75, 3.05) is 49.1 Å². The van der Waals surface area contributed by atoms with Gasteiger partial charge in [0.25, 0.3) is 11.1 Å². The molecule has 2 aliphatic heterocycles. The highest BCUT2D eigenvalue weighted by atomic mass is 35.5. The molecule has 6 rings (SSSR count). The monoisotopic (exact) mass is 874 g/mol. The highest BCUT2D eigenvalue weighted by Gasteiger charge is 2.43. The Balaban J connectivity index is 0.000000259. The van der Waals surface area contributed by atoms with E-state index in [0.717, 1.165) is 6.07 Å². The Bertz CT molecular complexity index is 2210. The number of H-pyrrole nitrogens is 2. The van der Waals surface area contributed by atoms with Gasteiger partial charge in [-0.05, 0) is 60.6 Å². The van der Waals surface area contributed by atoms with Crippen LogP contribution in [-0.4, -0.2) is 109 Å². The van der Waals surface area contributed by atoms with Crippen molar-refractivity contribution in [3.8, 4) is 22.8 Å². The Morgan fingerprint density at radius 2 is 1.26 bits per heavy atom. The molecule has 2 saturated heterocycles. The van der Waals surface area contributed by atoms with Crippen LogP contribution in [0.5, 0.6) is 0 Å². The maximum atomic E-state index is 15.1. The molecule has 2 atom stereocenters. The third-order valence-corrected chi connectivity index (χ3v) is 9.78. The number of nitrogens with zero attached hydrogens (tertiary/aromatic N) is 7. The van der Waals surface area contributed by atoms with E-state index in [-0.39, 0.29) is 65.4 Å². The second-order valence-electron chi connectivity index (χ2n) is 15.6. The molecule has 0 saturated carbocycles. The van der Waals surface area contributed by atoms with Crippen molar-refractivity contribution in [1.29, 1.82) is 0 Å². The Hall–Kier alpha value is -4.52. The minimum Gasteiger partial charge on any atom is -0.444 e. The summed E-state index contributed by atoms with van der Waals surface area (Å²) in [4.78, 5) is 62.9. The van der Waals surface area contributed by atoms with Crippen molar-refractivity contribution < 1.29 is 27.1 Å². The normalized spacial score (nSPS) is 17.6. The van der Waals surface area contributed by atoms with Crippen LogP contribution in [0.4, 0.5) is 34.0 Å². The van der Waals surface area contributed by atoms with Gasteiger partial charge in [0.15, 0.2) is 11.6 Å². The topological polar surface area (TPSA) is 165 Å². The van der Waals surface area contributed by atoms with Gasteiger partial charge in [0.1, 0.15) is 38.6 Å². The molecule has 1 amide bonds. The number of pyridine rings is 2. The molecule has 58 heavy (non-hydrogen) atoms. The first-order chi connectivity index (χ1) is 26.5. The molecule has 0 radical (unpaired) electrons. The third kappa shape index (κ3) is 11.4. The number of alkyl halides is 2. The molecule has 2 unspecified atom stereocenters. The van der Waals surface area contributed by atoms with Gasteiger partial charge < -0.3 is 29.8 Å². The molecule has 4 aromatic heterocycles. The second-order valence-corrected chi connectivity index (χ2v) is 16.3. The smallest absolute Gasteiger partial charge is 0.410 e. The number of ether oxygens (including phenoxy) is 1. The van der Waals surface area contributed by atoms with Crippen LogP contribution < -0.4 is 26.2 Å². The maximum absolute atomic E-state index is 15.1. The van der Waals surface area contributed by atoms with Crippen molar-refractivity contribution in [3.63, 3.8) is 0 Å². The van der Waals surface area contributed by atoms with Crippen molar-refractivity contribution in [3.05, 3.63) is 79.3 Å². The molecular weight excluding hydrogens is 831 g/mol. The quantitative estimate of drug-likeness (QED) is 0.146. The summed E-state index contributed by atoms with van der Waals surface area (Å²) in [6.45, 7) is 12.7. The standard InChI is InChI=1S/C21H26ClF2N5O3.C16H18ClF2N5O.ClH/c1-20(2,3)32-19(31)29-9-8-28(11-13(29)21(4,5)24)17-15(22)18(30)27-16(26-17)12-6-7-25-14(23)10-12;1-16(2,19)10-8-24(6-5-20-10)14-12(17)15(25)23-13(22-14)9-3-4-21-11(18)7-9;/h6-7,10,13H,8-9,11H2,1-5H3,(H,26,27,30);3-4,7,10,20H,5-6,8H2,1-2H3,(H,22,23,25);1H. The van der Waals surface area contributed by atoms with Crippen molar-refractivity contribution >= 4 is 53.3 Å². The lowest BCUT2D eigenvalue weighted by molar-refractivity contribution is -0.0108. The lowest BCUT2D eigenvalue weighted by Crippen LogP contribution is -2.62. The van der Waals surface area contributed by atoms with E-state index in [1.165, 1.54) is 63.2 Å². The second kappa shape index (κ2) is 18.2. The molecule has 3 N–H and O–H groups in total. The number of hydrogen-bond acceptors (Lipinski definition) is 11. The number of carbonyl (C=O) groups excluding carboxylic acids is 1. The first kappa shape index (κ1) is 46.2. The Morgan fingerprint density at radius 3 is 1.69 bits per heavy atom. The number of piperazine rings is 2. The molecule has 316 valence electrons. The molecule has 6 heterocycles. The van der Waals surface area contributed by atoms with E-state index in [9.17, 15) is 27.6 Å². The van der Waals surface area contributed by atoms with E-state index >= 15 is 4.39 Å². The molecule has 21 heteroatoms. The molecule has 14 nitrogen and oxygen atoms in total. The summed E-state index contributed by atoms with van der Waals surface area (Å²) in [5.74, 6) is -0.749. The van der Waals surface area contributed by atoms with E-state index < -0.39 is 58.1 Å². The summed E-state index contributed by atoms with van der Waals surface area (Å²) >= 11 is 12.4. The molecule has 0 aromatic carbocycles. The van der Waals surface area contributed by atoms with Crippen LogP contribution in [0.15, 0.2) is 46.2 Å². The van der Waals surface area contributed by atoms with Gasteiger partial charge in [0.05, 0.1) is 12.1 Å².